The molecule has 1 atom stereocenters. The van der Waals surface area contributed by atoms with Crippen LogP contribution in [0.3, 0.4) is 0 Å². The van der Waals surface area contributed by atoms with E-state index in [1.807, 2.05) is 18.2 Å². The van der Waals surface area contributed by atoms with Gasteiger partial charge in [0.2, 0.25) is 6.54 Å². The van der Waals surface area contributed by atoms with Gasteiger partial charge in [0.15, 0.2) is 5.83 Å². The highest BCUT2D eigenvalue weighted by Gasteiger charge is 2.43. The molecule has 3 aromatic rings. The van der Waals surface area contributed by atoms with Crippen molar-refractivity contribution in [1.29, 1.82) is 0 Å². The van der Waals surface area contributed by atoms with Gasteiger partial charge in [0.25, 0.3) is 5.91 Å². The molecule has 10 nitrogen and oxygen atoms in total. The third-order valence-corrected chi connectivity index (χ3v) is 9.59. The van der Waals surface area contributed by atoms with Crippen molar-refractivity contribution in [3.05, 3.63) is 76.3 Å². The summed E-state index contributed by atoms with van der Waals surface area (Å²) in [5.41, 5.74) is 2.49. The van der Waals surface area contributed by atoms with Crippen molar-refractivity contribution in [2.75, 3.05) is 89.9 Å². The van der Waals surface area contributed by atoms with E-state index in [2.05, 4.69) is 52.2 Å². The molecule has 4 heterocycles. The van der Waals surface area contributed by atoms with Gasteiger partial charge in [-0.1, -0.05) is 36.4 Å². The molecule has 13 heteroatoms. The second-order valence-corrected chi connectivity index (χ2v) is 13.6. The highest BCUT2D eigenvalue weighted by molar-refractivity contribution is 6.36. The SMILES string of the molecule is [C-]#[N+]C[C@H]1CN(c2nc(OCC3(CN(C)C)CN(C)C3)nc3c2CCN(c2cccc4ccc(F)c(Cl)c24)C3)CCN1C(=O)C(=C)F. The summed E-state index contributed by atoms with van der Waals surface area (Å²) in [7, 11) is 6.19. The van der Waals surface area contributed by atoms with Gasteiger partial charge in [-0.15, -0.1) is 0 Å². The molecule has 248 valence electrons. The largest absolute Gasteiger partial charge is 0.463 e. The van der Waals surface area contributed by atoms with Crippen LogP contribution in [0.1, 0.15) is 11.3 Å². The zero-order valence-electron chi connectivity index (χ0n) is 27.0. The Bertz CT molecular complexity index is 1740. The molecule has 0 spiro atoms. The molecule has 3 aliphatic heterocycles. The molecule has 0 unspecified atom stereocenters. The van der Waals surface area contributed by atoms with Crippen LogP contribution in [-0.2, 0) is 17.8 Å². The van der Waals surface area contributed by atoms with Crippen molar-refractivity contribution in [1.82, 2.24) is 24.7 Å². The minimum atomic E-state index is -1.04. The van der Waals surface area contributed by atoms with Crippen molar-refractivity contribution in [3.8, 4) is 6.01 Å². The van der Waals surface area contributed by atoms with Gasteiger partial charge in [0.1, 0.15) is 24.3 Å². The lowest BCUT2D eigenvalue weighted by Crippen LogP contribution is -2.61. The number of likely N-dealkylation sites (tertiary alicyclic amines) is 1. The van der Waals surface area contributed by atoms with E-state index >= 15 is 0 Å². The first-order valence-corrected chi connectivity index (χ1v) is 16.1. The number of ether oxygens (including phenoxy) is 1. The van der Waals surface area contributed by atoms with Gasteiger partial charge >= 0.3 is 6.01 Å². The van der Waals surface area contributed by atoms with Crippen LogP contribution in [0, 0.1) is 17.8 Å². The van der Waals surface area contributed by atoms with Gasteiger partial charge in [0.05, 0.1) is 17.3 Å². The highest BCUT2D eigenvalue weighted by Crippen LogP contribution is 2.39. The van der Waals surface area contributed by atoms with Gasteiger partial charge in [-0.2, -0.15) is 9.97 Å². The Morgan fingerprint density at radius 3 is 2.68 bits per heavy atom. The zero-order chi connectivity index (χ0) is 33.5. The maximum Gasteiger partial charge on any atom is 0.318 e. The minimum absolute atomic E-state index is 0.0267. The molecule has 0 aliphatic carbocycles. The molecular weight excluding hydrogens is 626 g/mol. The number of benzene rings is 2. The topological polar surface area (TPSA) is 72.6 Å². The number of aromatic nitrogens is 2. The molecule has 0 N–H and O–H groups in total. The smallest absolute Gasteiger partial charge is 0.318 e. The van der Waals surface area contributed by atoms with E-state index in [-0.39, 0.29) is 29.5 Å². The standard InChI is InChI=1S/C34H39ClF2N8O2/c1-22(36)32(46)45-14-13-44(16-24(45)15-38-2)31-25-11-12-43(28-8-6-7-23-9-10-26(37)30(35)29(23)28)17-27(25)39-33(40-31)47-21-34(18-41(3)4)19-42(5)20-34/h6-10,24H,1,11-21H2,3-5H3/t24-/m0/s1. The summed E-state index contributed by atoms with van der Waals surface area (Å²) in [5, 5.41) is 1.58. The van der Waals surface area contributed by atoms with Gasteiger partial charge < -0.3 is 34.1 Å². The summed E-state index contributed by atoms with van der Waals surface area (Å²) < 4.78 is 34.9. The molecule has 0 radical (unpaired) electrons. The quantitative estimate of drug-likeness (QED) is 0.248. The normalized spacial score (nSPS) is 19.4. The maximum atomic E-state index is 14.6. The zero-order valence-corrected chi connectivity index (χ0v) is 27.7. The molecule has 3 aliphatic rings. The van der Waals surface area contributed by atoms with Crippen molar-refractivity contribution < 1.29 is 18.3 Å². The van der Waals surface area contributed by atoms with Crippen molar-refractivity contribution in [3.63, 3.8) is 0 Å². The summed E-state index contributed by atoms with van der Waals surface area (Å²) in [6.45, 7) is 15.7. The number of carbonyl (C=O) groups excluding carboxylic acids is 1. The fraction of sp³-hybridized carbons (Fsp3) is 0.471. The average Bonchev–Trinajstić information content (AvgIpc) is 3.03. The Hall–Kier alpha value is -4.05. The lowest BCUT2D eigenvalue weighted by molar-refractivity contribution is -0.131. The predicted octanol–water partition coefficient (Wildman–Crippen LogP) is 4.28. The van der Waals surface area contributed by atoms with Gasteiger partial charge in [-0.05, 0) is 45.1 Å². The third-order valence-electron chi connectivity index (χ3n) is 9.22. The summed E-state index contributed by atoms with van der Waals surface area (Å²) >= 11 is 6.51. The first-order chi connectivity index (χ1) is 22.5. The second-order valence-electron chi connectivity index (χ2n) is 13.2. The number of piperazine rings is 1. The lowest BCUT2D eigenvalue weighted by Gasteiger charge is -2.49. The molecule has 2 aromatic carbocycles. The van der Waals surface area contributed by atoms with E-state index < -0.39 is 23.6 Å². The van der Waals surface area contributed by atoms with E-state index in [9.17, 15) is 13.6 Å². The van der Waals surface area contributed by atoms with Crippen LogP contribution >= 0.6 is 11.6 Å². The number of rotatable bonds is 9. The Labute approximate surface area is 279 Å². The van der Waals surface area contributed by atoms with E-state index in [4.69, 9.17) is 32.9 Å². The number of nitrogens with zero attached hydrogens (tertiary/aromatic N) is 8. The fourth-order valence-electron chi connectivity index (χ4n) is 7.43. The third kappa shape index (κ3) is 6.57. The summed E-state index contributed by atoms with van der Waals surface area (Å²) in [6.07, 6.45) is 0.595. The molecule has 1 amide bonds. The summed E-state index contributed by atoms with van der Waals surface area (Å²) in [5.74, 6) is -1.60. The fourth-order valence-corrected chi connectivity index (χ4v) is 7.70. The summed E-state index contributed by atoms with van der Waals surface area (Å²) in [4.78, 5) is 36.0. The molecular formula is C34H39ClF2N8O2. The maximum absolute atomic E-state index is 14.6. The highest BCUT2D eigenvalue weighted by atomic mass is 35.5. The Morgan fingerprint density at radius 1 is 1.19 bits per heavy atom. The molecule has 2 saturated heterocycles. The molecule has 0 saturated carbocycles. The number of halogens is 3. The Balaban J connectivity index is 1.35. The van der Waals surface area contributed by atoms with Crippen LogP contribution < -0.4 is 14.5 Å². The van der Waals surface area contributed by atoms with E-state index in [0.29, 0.717) is 50.4 Å². The Kier molecular flexibility index (Phi) is 9.25. The van der Waals surface area contributed by atoms with Gasteiger partial charge in [0, 0.05) is 67.9 Å². The Morgan fingerprint density at radius 2 is 1.98 bits per heavy atom. The van der Waals surface area contributed by atoms with Crippen molar-refractivity contribution in [2.24, 2.45) is 5.41 Å². The second kappa shape index (κ2) is 13.2. The summed E-state index contributed by atoms with van der Waals surface area (Å²) in [6, 6.07) is 8.63. The molecule has 0 bridgehead atoms. The average molecular weight is 665 g/mol. The first-order valence-electron chi connectivity index (χ1n) is 15.7. The number of amides is 1. The monoisotopic (exact) mass is 664 g/mol. The van der Waals surface area contributed by atoms with Crippen molar-refractivity contribution >= 4 is 39.8 Å². The van der Waals surface area contributed by atoms with E-state index in [1.165, 1.54) is 11.0 Å². The van der Waals surface area contributed by atoms with Gasteiger partial charge in [-0.3, -0.25) is 4.79 Å². The predicted molar refractivity (Wildman–Crippen MR) is 179 cm³/mol. The number of hydrogen-bond donors (Lipinski definition) is 0. The molecule has 6 rings (SSSR count). The molecule has 1 aromatic heterocycles. The van der Waals surface area contributed by atoms with Crippen molar-refractivity contribution in [2.45, 2.75) is 19.0 Å². The molecule has 47 heavy (non-hydrogen) atoms. The molecule has 2 fully saturated rings. The van der Waals surface area contributed by atoms with Crippen LogP contribution in [0.4, 0.5) is 20.3 Å². The van der Waals surface area contributed by atoms with E-state index in [1.54, 1.807) is 6.07 Å². The van der Waals surface area contributed by atoms with Gasteiger partial charge in [-0.25, -0.2) is 15.4 Å². The first kappa shape index (κ1) is 32.9. The van der Waals surface area contributed by atoms with Crippen LogP contribution in [-0.4, -0.2) is 117 Å². The number of fused-ring (bicyclic) bond motifs is 2. The van der Waals surface area contributed by atoms with Crippen LogP contribution in [0.5, 0.6) is 6.01 Å². The number of anilines is 2. The van der Waals surface area contributed by atoms with E-state index in [0.717, 1.165) is 42.0 Å². The number of hydrogen-bond acceptors (Lipinski definition) is 8. The van der Waals surface area contributed by atoms with Crippen LogP contribution in [0.15, 0.2) is 42.7 Å². The van der Waals surface area contributed by atoms with Crippen LogP contribution in [0.25, 0.3) is 15.6 Å². The minimum Gasteiger partial charge on any atom is -0.463 e. The van der Waals surface area contributed by atoms with Crippen LogP contribution in [0.2, 0.25) is 5.02 Å². The number of carbonyl (C=O) groups is 1. The lowest BCUT2D eigenvalue weighted by atomic mass is 9.80.